The maximum atomic E-state index is 10.2. The molecule has 12 rings (SSSR count). The summed E-state index contributed by atoms with van der Waals surface area (Å²) in [4.78, 5) is 9.76. The van der Waals surface area contributed by atoms with Crippen molar-refractivity contribution in [1.82, 2.24) is 14.7 Å². The first-order valence-electron chi connectivity index (χ1n) is 27.6. The van der Waals surface area contributed by atoms with Crippen molar-refractivity contribution in [3.8, 4) is 12.1 Å². The second-order valence-electron chi connectivity index (χ2n) is 24.1. The Morgan fingerprint density at radius 2 is 0.738 bits per heavy atom. The van der Waals surface area contributed by atoms with Gasteiger partial charge in [0.15, 0.2) is 0 Å². The molecule has 61 heavy (non-hydrogen) atoms. The Morgan fingerprint density at radius 1 is 0.311 bits per heavy atom. The fourth-order valence-corrected chi connectivity index (χ4v) is 19.3. The monoisotopic (exact) mass is 834 g/mol. The number of nitriles is 2. The third-order valence-electron chi connectivity index (χ3n) is 21.7. The minimum absolute atomic E-state index is 0.265. The van der Waals surface area contributed by atoms with Crippen LogP contribution >= 0.6 is 0 Å². The van der Waals surface area contributed by atoms with Gasteiger partial charge in [-0.2, -0.15) is 10.5 Å². The van der Waals surface area contributed by atoms with Gasteiger partial charge in [0.1, 0.15) is 0 Å². The van der Waals surface area contributed by atoms with Crippen molar-refractivity contribution < 1.29 is 9.47 Å². The molecule has 0 aromatic heterocycles. The molecule has 7 nitrogen and oxygen atoms in total. The molecule has 0 bridgehead atoms. The Bertz CT molecular complexity index is 1540. The highest BCUT2D eigenvalue weighted by molar-refractivity contribution is 5.13. The summed E-state index contributed by atoms with van der Waals surface area (Å²) in [6.45, 7) is 0. The van der Waals surface area contributed by atoms with Crippen LogP contribution in [0.15, 0.2) is 0 Å². The second-order valence-corrected chi connectivity index (χ2v) is 24.1. The molecule has 12 fully saturated rings. The van der Waals surface area contributed by atoms with Crippen molar-refractivity contribution in [3.05, 3.63) is 0 Å². The molecular formula is C54H83N5O2. The fourth-order valence-electron chi connectivity index (χ4n) is 19.3. The highest BCUT2D eigenvalue weighted by atomic mass is 16.5. The molecule has 7 heteroatoms. The summed E-state index contributed by atoms with van der Waals surface area (Å²) in [5, 5.41) is 20.3. The predicted octanol–water partition coefficient (Wildman–Crippen LogP) is 11.0. The van der Waals surface area contributed by atoms with Crippen LogP contribution in [0.3, 0.4) is 0 Å². The standard InChI is InChI=1S/C54H83N5O2/c55-32-36-10-8-14-41(36)34-20-24-49-53(28-34)61-54-29-35(42-15-9-11-37(42)33-56)21-25-50(54)59(49)40-23-27-46-44(31-40)43-30-39(22-26-45(43)57(46)38-12-2-1-3-13-38)58-47-16-4-6-18-51(47)60-52-19-7-5-17-48(52)58/h34-54H,1-31H2. The van der Waals surface area contributed by atoms with Crippen LogP contribution < -0.4 is 0 Å². The number of hydrogen-bond acceptors (Lipinski definition) is 7. The minimum Gasteiger partial charge on any atom is -0.372 e. The van der Waals surface area contributed by atoms with Crippen LogP contribution in [0.4, 0.5) is 0 Å². The van der Waals surface area contributed by atoms with Gasteiger partial charge in [-0.15, -0.1) is 0 Å². The molecule has 12 aliphatic rings. The lowest BCUT2D eigenvalue weighted by molar-refractivity contribution is -0.207. The topological polar surface area (TPSA) is 75.8 Å². The lowest BCUT2D eigenvalue weighted by Crippen LogP contribution is -2.67. The highest BCUT2D eigenvalue weighted by Crippen LogP contribution is 2.57. The van der Waals surface area contributed by atoms with Crippen LogP contribution in [-0.2, 0) is 9.47 Å². The molecule has 20 atom stereocenters. The number of morpholine rings is 2. The molecule has 0 spiro atoms. The molecule has 3 aliphatic heterocycles. The van der Waals surface area contributed by atoms with E-state index < -0.39 is 0 Å². The van der Waals surface area contributed by atoms with Gasteiger partial charge in [-0.25, -0.2) is 0 Å². The molecule has 0 amide bonds. The van der Waals surface area contributed by atoms with Crippen molar-refractivity contribution >= 4 is 0 Å². The van der Waals surface area contributed by atoms with E-state index in [2.05, 4.69) is 26.8 Å². The Kier molecular flexibility index (Phi) is 11.9. The molecule has 0 aromatic rings. The Labute approximate surface area is 370 Å². The summed E-state index contributed by atoms with van der Waals surface area (Å²) in [5.41, 5.74) is 0. The maximum absolute atomic E-state index is 10.2. The van der Waals surface area contributed by atoms with E-state index in [1.54, 1.807) is 0 Å². The zero-order chi connectivity index (χ0) is 40.6. The Morgan fingerprint density at radius 3 is 1.25 bits per heavy atom. The first kappa shape index (κ1) is 41.2. The summed E-state index contributed by atoms with van der Waals surface area (Å²) in [7, 11) is 0. The molecule has 9 saturated carbocycles. The zero-order valence-corrected chi connectivity index (χ0v) is 38.1. The zero-order valence-electron chi connectivity index (χ0n) is 38.1. The van der Waals surface area contributed by atoms with Gasteiger partial charge in [-0.05, 0) is 177 Å². The predicted molar refractivity (Wildman–Crippen MR) is 239 cm³/mol. The van der Waals surface area contributed by atoms with Gasteiger partial charge in [0.2, 0.25) is 0 Å². The van der Waals surface area contributed by atoms with Gasteiger partial charge in [0.25, 0.3) is 0 Å². The van der Waals surface area contributed by atoms with Crippen molar-refractivity contribution in [1.29, 1.82) is 10.5 Å². The lowest BCUT2D eigenvalue weighted by atomic mass is 9.67. The summed E-state index contributed by atoms with van der Waals surface area (Å²) < 4.78 is 14.6. The first-order valence-corrected chi connectivity index (χ1v) is 27.6. The van der Waals surface area contributed by atoms with Crippen molar-refractivity contribution in [2.75, 3.05) is 0 Å². The molecule has 3 saturated heterocycles. The number of hydrogen-bond donors (Lipinski definition) is 0. The summed E-state index contributed by atoms with van der Waals surface area (Å²) >= 11 is 0. The van der Waals surface area contributed by atoms with Crippen molar-refractivity contribution in [2.24, 2.45) is 47.3 Å². The van der Waals surface area contributed by atoms with Crippen LogP contribution in [0.2, 0.25) is 0 Å². The fraction of sp³-hybridized carbons (Fsp3) is 0.963. The number of likely N-dealkylation sites (tertiary alicyclic amines) is 1. The van der Waals surface area contributed by atoms with Gasteiger partial charge in [-0.3, -0.25) is 14.7 Å². The van der Waals surface area contributed by atoms with E-state index in [4.69, 9.17) is 9.47 Å². The molecule has 9 aliphatic carbocycles. The molecule has 20 unspecified atom stereocenters. The third-order valence-corrected chi connectivity index (χ3v) is 21.7. The smallest absolute Gasteiger partial charge is 0.0737 e. The van der Waals surface area contributed by atoms with Gasteiger partial charge in [0, 0.05) is 66.2 Å². The quantitative estimate of drug-likeness (QED) is 0.273. The van der Waals surface area contributed by atoms with Crippen LogP contribution in [0.1, 0.15) is 199 Å². The van der Waals surface area contributed by atoms with Crippen LogP contribution in [-0.4, -0.2) is 93.5 Å². The average Bonchev–Trinajstić information content (AvgIpc) is 4.07. The van der Waals surface area contributed by atoms with Crippen molar-refractivity contribution in [2.45, 2.75) is 278 Å². The summed E-state index contributed by atoms with van der Waals surface area (Å²) in [6, 6.07) is 11.9. The number of fused-ring (bicyclic) bond motifs is 7. The van der Waals surface area contributed by atoms with E-state index in [1.165, 1.54) is 186 Å². The Balaban J connectivity index is 0.836. The summed E-state index contributed by atoms with van der Waals surface area (Å²) in [6.07, 6.45) is 43.2. The number of ether oxygens (including phenoxy) is 2. The Hall–Kier alpha value is -1.22. The average molecular weight is 834 g/mol. The minimum atomic E-state index is 0.265. The lowest BCUT2D eigenvalue weighted by Gasteiger charge is -2.59. The third kappa shape index (κ3) is 7.33. The van der Waals surface area contributed by atoms with E-state index in [-0.39, 0.29) is 11.8 Å². The SMILES string of the molecule is N#CC1CCCC1C1CCC2C(C1)OC1CC(C3CCCC3C#N)CCC1N2C1CCC2C(C1)C1CC(N3C4CCCCC4OC4CCCCC43)CCC1N2C1CCCCC1. The maximum Gasteiger partial charge on any atom is 0.0737 e. The van der Waals surface area contributed by atoms with Crippen LogP contribution in [0.25, 0.3) is 0 Å². The normalized spacial score (nSPS) is 52.1. The van der Waals surface area contributed by atoms with Gasteiger partial charge < -0.3 is 9.47 Å². The number of nitrogens with zero attached hydrogens (tertiary/aromatic N) is 5. The van der Waals surface area contributed by atoms with Crippen molar-refractivity contribution in [3.63, 3.8) is 0 Å². The van der Waals surface area contributed by atoms with E-state index in [0.29, 0.717) is 78.3 Å². The molecular weight excluding hydrogens is 751 g/mol. The molecule has 0 radical (unpaired) electrons. The van der Waals surface area contributed by atoms with Crippen LogP contribution in [0.5, 0.6) is 0 Å². The molecule has 0 aromatic carbocycles. The van der Waals surface area contributed by atoms with Gasteiger partial charge >= 0.3 is 0 Å². The second kappa shape index (κ2) is 17.5. The number of rotatable bonds is 5. The molecule has 3 heterocycles. The summed E-state index contributed by atoms with van der Waals surface area (Å²) in [5.74, 6) is 4.72. The van der Waals surface area contributed by atoms with Gasteiger partial charge in [0.05, 0.1) is 36.6 Å². The van der Waals surface area contributed by atoms with E-state index in [1.807, 2.05) is 0 Å². The molecule has 0 N–H and O–H groups in total. The van der Waals surface area contributed by atoms with Crippen LogP contribution in [0, 0.1) is 70.0 Å². The van der Waals surface area contributed by atoms with E-state index in [9.17, 15) is 10.5 Å². The van der Waals surface area contributed by atoms with E-state index >= 15 is 0 Å². The first-order chi connectivity index (χ1) is 30.1. The van der Waals surface area contributed by atoms with E-state index in [0.717, 1.165) is 48.8 Å². The largest absolute Gasteiger partial charge is 0.372 e. The van der Waals surface area contributed by atoms with Gasteiger partial charge in [-0.1, -0.05) is 57.8 Å². The molecule has 336 valence electrons. The highest BCUT2D eigenvalue weighted by Gasteiger charge is 2.59.